The Morgan fingerprint density at radius 1 is 1.13 bits per heavy atom. The van der Waals surface area contributed by atoms with Crippen LogP contribution in [0.3, 0.4) is 0 Å². The smallest absolute Gasteiger partial charge is 0.271 e. The first-order chi connectivity index (χ1) is 14.9. The Hall–Kier alpha value is -3.16. The van der Waals surface area contributed by atoms with E-state index >= 15 is 0 Å². The van der Waals surface area contributed by atoms with Gasteiger partial charge in [-0.15, -0.1) is 11.3 Å². The summed E-state index contributed by atoms with van der Waals surface area (Å²) in [5.41, 5.74) is 3.65. The van der Waals surface area contributed by atoms with Gasteiger partial charge in [-0.25, -0.2) is 4.98 Å². The molecule has 0 aliphatic rings. The quantitative estimate of drug-likeness (QED) is 0.470. The molecule has 1 atom stereocenters. The number of rotatable bonds is 7. The molecular formula is C24H24N2O4S. The number of methoxy groups -OCH3 is 1. The second-order valence-electron chi connectivity index (χ2n) is 7.49. The van der Waals surface area contributed by atoms with Crippen molar-refractivity contribution in [2.45, 2.75) is 26.5 Å². The summed E-state index contributed by atoms with van der Waals surface area (Å²) >= 11 is 1.40. The topological polar surface area (TPSA) is 73.6 Å². The van der Waals surface area contributed by atoms with Crippen molar-refractivity contribution in [2.24, 2.45) is 0 Å². The number of hydrogen-bond donors (Lipinski definition) is 1. The Bertz CT molecular complexity index is 1260. The minimum Gasteiger partial charge on any atom is -0.497 e. The Morgan fingerprint density at radius 2 is 1.90 bits per heavy atom. The molecule has 0 aliphatic carbocycles. The van der Waals surface area contributed by atoms with E-state index in [1.165, 1.54) is 22.2 Å². The first-order valence-electron chi connectivity index (χ1n) is 9.96. The molecule has 1 unspecified atom stereocenters. The summed E-state index contributed by atoms with van der Waals surface area (Å²) in [6, 6.07) is 15.5. The molecule has 0 saturated carbocycles. The lowest BCUT2D eigenvalue weighted by molar-refractivity contribution is 0.0911. The van der Waals surface area contributed by atoms with E-state index in [1.54, 1.807) is 7.11 Å². The van der Waals surface area contributed by atoms with Crippen LogP contribution >= 0.6 is 11.3 Å². The number of aliphatic hydroxyl groups excluding tert-OH is 1. The van der Waals surface area contributed by atoms with Gasteiger partial charge in [-0.2, -0.15) is 0 Å². The van der Waals surface area contributed by atoms with Gasteiger partial charge in [-0.1, -0.05) is 17.7 Å². The van der Waals surface area contributed by atoms with Gasteiger partial charge >= 0.3 is 0 Å². The van der Waals surface area contributed by atoms with Crippen LogP contribution in [0.5, 0.6) is 11.5 Å². The van der Waals surface area contributed by atoms with Crippen molar-refractivity contribution in [3.05, 3.63) is 76.3 Å². The molecule has 31 heavy (non-hydrogen) atoms. The fourth-order valence-corrected chi connectivity index (χ4v) is 4.47. The number of aromatic nitrogens is 2. The molecule has 2 aromatic heterocycles. The van der Waals surface area contributed by atoms with Crippen molar-refractivity contribution in [1.82, 2.24) is 9.55 Å². The third kappa shape index (κ3) is 4.62. The number of fused-ring (bicyclic) bond motifs is 1. The minimum atomic E-state index is -0.835. The molecule has 1 N–H and O–H groups in total. The van der Waals surface area contributed by atoms with Crippen LogP contribution in [-0.2, 0) is 6.54 Å². The van der Waals surface area contributed by atoms with Crippen molar-refractivity contribution in [2.75, 3.05) is 13.7 Å². The molecule has 0 aliphatic heterocycles. The molecule has 4 aromatic rings. The van der Waals surface area contributed by atoms with Crippen LogP contribution in [0.25, 0.3) is 20.7 Å². The Labute approximate surface area is 184 Å². The zero-order chi connectivity index (χ0) is 22.0. The molecule has 0 amide bonds. The van der Waals surface area contributed by atoms with Gasteiger partial charge in [0.2, 0.25) is 0 Å². The van der Waals surface area contributed by atoms with Gasteiger partial charge in [0.25, 0.3) is 5.56 Å². The summed E-state index contributed by atoms with van der Waals surface area (Å²) in [6.45, 7) is 4.19. The summed E-state index contributed by atoms with van der Waals surface area (Å²) < 4.78 is 12.9. The summed E-state index contributed by atoms with van der Waals surface area (Å²) in [4.78, 5) is 18.3. The maximum absolute atomic E-state index is 12.9. The van der Waals surface area contributed by atoms with E-state index in [0.717, 1.165) is 33.1 Å². The molecule has 2 aromatic carbocycles. The maximum Gasteiger partial charge on any atom is 0.271 e. The Kier molecular flexibility index (Phi) is 6.06. The average molecular weight is 437 g/mol. The molecule has 0 fully saturated rings. The van der Waals surface area contributed by atoms with Crippen molar-refractivity contribution in [1.29, 1.82) is 0 Å². The van der Waals surface area contributed by atoms with E-state index in [2.05, 4.69) is 4.98 Å². The van der Waals surface area contributed by atoms with Gasteiger partial charge in [-0.05, 0) is 61.4 Å². The van der Waals surface area contributed by atoms with Crippen LogP contribution in [0.2, 0.25) is 0 Å². The molecule has 0 spiro atoms. The number of aryl methyl sites for hydroxylation is 2. The second kappa shape index (κ2) is 8.91. The Morgan fingerprint density at radius 3 is 2.61 bits per heavy atom. The first-order valence-corrected chi connectivity index (χ1v) is 10.8. The molecule has 2 heterocycles. The highest BCUT2D eigenvalue weighted by atomic mass is 32.1. The van der Waals surface area contributed by atoms with Crippen LogP contribution < -0.4 is 15.0 Å². The normalized spacial score (nSPS) is 12.1. The molecular weight excluding hydrogens is 412 g/mol. The first kappa shape index (κ1) is 21.1. The molecule has 0 radical (unpaired) electrons. The highest BCUT2D eigenvalue weighted by molar-refractivity contribution is 7.22. The van der Waals surface area contributed by atoms with Crippen molar-refractivity contribution >= 4 is 21.6 Å². The third-order valence-electron chi connectivity index (χ3n) is 5.05. The van der Waals surface area contributed by atoms with E-state index in [0.29, 0.717) is 10.2 Å². The number of benzene rings is 2. The van der Waals surface area contributed by atoms with E-state index in [9.17, 15) is 9.90 Å². The predicted molar refractivity (Wildman–Crippen MR) is 123 cm³/mol. The number of aliphatic hydroxyl groups is 1. The SMILES string of the molecule is COc1ccc(-c2cc3ncn(CC(O)COc4ccc(C)cc4C)c(=O)c3s2)cc1. The van der Waals surface area contributed by atoms with Gasteiger partial charge in [0, 0.05) is 4.88 Å². The average Bonchev–Trinajstić information content (AvgIpc) is 3.20. The van der Waals surface area contributed by atoms with Crippen molar-refractivity contribution in [3.8, 4) is 21.9 Å². The summed E-state index contributed by atoms with van der Waals surface area (Å²) in [5, 5.41) is 10.4. The van der Waals surface area contributed by atoms with E-state index in [1.807, 2.05) is 62.4 Å². The molecule has 6 nitrogen and oxygen atoms in total. The van der Waals surface area contributed by atoms with E-state index in [4.69, 9.17) is 9.47 Å². The van der Waals surface area contributed by atoms with Crippen LogP contribution in [0.1, 0.15) is 11.1 Å². The van der Waals surface area contributed by atoms with Gasteiger partial charge in [0.15, 0.2) is 0 Å². The van der Waals surface area contributed by atoms with Crippen molar-refractivity contribution in [3.63, 3.8) is 0 Å². The van der Waals surface area contributed by atoms with Crippen LogP contribution in [-0.4, -0.2) is 34.5 Å². The summed E-state index contributed by atoms with van der Waals surface area (Å²) in [6.07, 6.45) is 0.647. The van der Waals surface area contributed by atoms with Gasteiger partial charge in [0.1, 0.15) is 28.9 Å². The summed E-state index contributed by atoms with van der Waals surface area (Å²) in [5.74, 6) is 1.51. The van der Waals surface area contributed by atoms with E-state index in [-0.39, 0.29) is 18.7 Å². The fraction of sp³-hybridized carbons (Fsp3) is 0.250. The minimum absolute atomic E-state index is 0.0932. The molecule has 4 rings (SSSR count). The fourth-order valence-electron chi connectivity index (χ4n) is 3.40. The zero-order valence-corrected chi connectivity index (χ0v) is 18.5. The highest BCUT2D eigenvalue weighted by Gasteiger charge is 2.14. The predicted octanol–water partition coefficient (Wildman–Crippen LogP) is 4.19. The van der Waals surface area contributed by atoms with Crippen molar-refractivity contribution < 1.29 is 14.6 Å². The van der Waals surface area contributed by atoms with Gasteiger partial charge < -0.3 is 14.6 Å². The Balaban J connectivity index is 1.50. The largest absolute Gasteiger partial charge is 0.497 e. The number of nitrogens with zero attached hydrogens (tertiary/aromatic N) is 2. The molecule has 0 saturated heterocycles. The number of hydrogen-bond acceptors (Lipinski definition) is 6. The lowest BCUT2D eigenvalue weighted by atomic mass is 10.1. The van der Waals surface area contributed by atoms with Crippen LogP contribution in [0.15, 0.2) is 59.7 Å². The lowest BCUT2D eigenvalue weighted by Crippen LogP contribution is -2.30. The number of thiophene rings is 1. The zero-order valence-electron chi connectivity index (χ0n) is 17.7. The maximum atomic E-state index is 12.9. The van der Waals surface area contributed by atoms with Gasteiger partial charge in [0.05, 0.1) is 25.5 Å². The van der Waals surface area contributed by atoms with E-state index < -0.39 is 6.10 Å². The van der Waals surface area contributed by atoms with Gasteiger partial charge in [-0.3, -0.25) is 9.36 Å². The molecule has 160 valence electrons. The highest BCUT2D eigenvalue weighted by Crippen LogP contribution is 2.31. The third-order valence-corrected chi connectivity index (χ3v) is 6.21. The van der Waals surface area contributed by atoms with Crippen LogP contribution in [0.4, 0.5) is 0 Å². The molecule has 7 heteroatoms. The lowest BCUT2D eigenvalue weighted by Gasteiger charge is -2.15. The van der Waals surface area contributed by atoms with Crippen LogP contribution in [0, 0.1) is 13.8 Å². The second-order valence-corrected chi connectivity index (χ2v) is 8.54. The summed E-state index contributed by atoms with van der Waals surface area (Å²) in [7, 11) is 1.63. The number of ether oxygens (including phenoxy) is 2. The standard InChI is InChI=1S/C24H24N2O4S/c1-15-4-9-21(16(2)10-15)30-13-18(27)12-26-14-25-20-11-22(31-23(20)24(26)28)17-5-7-19(29-3)8-6-17/h4-11,14,18,27H,12-13H2,1-3H3. The monoisotopic (exact) mass is 436 g/mol. The molecule has 0 bridgehead atoms.